The van der Waals surface area contributed by atoms with Crippen LogP contribution in [0.3, 0.4) is 0 Å². The third kappa shape index (κ3) is 5.24. The molecule has 2 aliphatic rings. The molecule has 2 aromatic heterocycles. The summed E-state index contributed by atoms with van der Waals surface area (Å²) in [6.07, 6.45) is 5.72. The van der Waals surface area contributed by atoms with Gasteiger partial charge in [-0.15, -0.1) is 12.4 Å². The number of fused-ring (bicyclic) bond motifs is 1. The topological polar surface area (TPSA) is 122 Å². The number of hydrogen-bond donors (Lipinski definition) is 3. The fourth-order valence-electron chi connectivity index (χ4n) is 3.24. The van der Waals surface area contributed by atoms with Gasteiger partial charge in [0.15, 0.2) is 0 Å². The molecule has 9 nitrogen and oxygen atoms in total. The Morgan fingerprint density at radius 3 is 2.53 bits per heavy atom. The summed E-state index contributed by atoms with van der Waals surface area (Å²) in [4.78, 5) is 25.8. The number of carbonyl (C=O) groups is 1. The van der Waals surface area contributed by atoms with Crippen LogP contribution in [0.1, 0.15) is 35.1 Å². The summed E-state index contributed by atoms with van der Waals surface area (Å²) in [7, 11) is 0. The molecule has 1 aromatic carbocycles. The van der Waals surface area contributed by atoms with Crippen LogP contribution < -0.4 is 10.1 Å². The highest BCUT2D eigenvalue weighted by Gasteiger charge is 2.25. The van der Waals surface area contributed by atoms with Crippen molar-refractivity contribution in [1.82, 2.24) is 25.3 Å². The molecular weight excluding hydrogens is 410 g/mol. The van der Waals surface area contributed by atoms with Crippen LogP contribution in [0, 0.1) is 0 Å². The lowest BCUT2D eigenvalue weighted by Crippen LogP contribution is -2.50. The number of nitrogens with one attached hydrogen (secondary N) is 2. The highest BCUT2D eigenvalue weighted by Crippen LogP contribution is 2.30. The van der Waals surface area contributed by atoms with Crippen molar-refractivity contribution in [2.75, 3.05) is 26.3 Å². The van der Waals surface area contributed by atoms with E-state index in [4.69, 9.17) is 14.6 Å². The van der Waals surface area contributed by atoms with E-state index in [-0.39, 0.29) is 24.3 Å². The SMILES string of the molecule is Cl.O=C(O)c1nc2ccccc2[nH]1.c1cnc(C2CCOCC2)c(OC2CNC2)n1. The van der Waals surface area contributed by atoms with Crippen LogP contribution >= 0.6 is 12.4 Å². The number of carboxylic acids is 1. The molecule has 3 N–H and O–H groups in total. The van der Waals surface area contributed by atoms with Crippen molar-refractivity contribution in [3.05, 3.63) is 48.2 Å². The predicted molar refractivity (Wildman–Crippen MR) is 112 cm³/mol. The molecule has 0 spiro atoms. The van der Waals surface area contributed by atoms with E-state index in [1.165, 1.54) is 0 Å². The van der Waals surface area contributed by atoms with Crippen LogP contribution in [-0.2, 0) is 4.74 Å². The lowest BCUT2D eigenvalue weighted by molar-refractivity contribution is 0.0685. The normalized spacial score (nSPS) is 16.7. The first-order valence-electron chi connectivity index (χ1n) is 9.65. The van der Waals surface area contributed by atoms with Gasteiger partial charge in [0, 0.05) is 44.6 Å². The molecule has 10 heteroatoms. The third-order valence-corrected chi connectivity index (χ3v) is 4.91. The minimum Gasteiger partial charge on any atom is -0.475 e. The zero-order valence-electron chi connectivity index (χ0n) is 16.3. The number of rotatable bonds is 4. The van der Waals surface area contributed by atoms with Crippen LogP contribution in [0.5, 0.6) is 5.88 Å². The zero-order chi connectivity index (χ0) is 20.1. The van der Waals surface area contributed by atoms with E-state index >= 15 is 0 Å². The second-order valence-electron chi connectivity index (χ2n) is 6.94. The Morgan fingerprint density at radius 1 is 1.13 bits per heavy atom. The number of aromatic amines is 1. The first kappa shape index (κ1) is 21.9. The molecule has 0 radical (unpaired) electrons. The Labute approximate surface area is 179 Å². The molecule has 5 rings (SSSR count). The van der Waals surface area contributed by atoms with Crippen LogP contribution in [0.15, 0.2) is 36.7 Å². The summed E-state index contributed by atoms with van der Waals surface area (Å²) in [5.41, 5.74) is 2.42. The second kappa shape index (κ2) is 10.3. The Bertz CT molecular complexity index is 939. The monoisotopic (exact) mass is 433 g/mol. The van der Waals surface area contributed by atoms with Gasteiger partial charge in [0.25, 0.3) is 0 Å². The second-order valence-corrected chi connectivity index (χ2v) is 6.94. The Kier molecular flexibility index (Phi) is 7.56. The molecule has 3 aromatic rings. The lowest BCUT2D eigenvalue weighted by atomic mass is 9.96. The van der Waals surface area contributed by atoms with Crippen LogP contribution in [0.4, 0.5) is 0 Å². The molecule has 0 amide bonds. The van der Waals surface area contributed by atoms with E-state index in [9.17, 15) is 4.79 Å². The summed E-state index contributed by atoms with van der Waals surface area (Å²) in [6.45, 7) is 3.44. The Hall–Kier alpha value is -2.75. The van der Waals surface area contributed by atoms with Gasteiger partial charge in [-0.2, -0.15) is 0 Å². The molecule has 30 heavy (non-hydrogen) atoms. The van der Waals surface area contributed by atoms with Crippen LogP contribution in [0.2, 0.25) is 0 Å². The highest BCUT2D eigenvalue weighted by atomic mass is 35.5. The van der Waals surface area contributed by atoms with E-state index in [0.29, 0.717) is 17.3 Å². The number of hydrogen-bond acceptors (Lipinski definition) is 7. The lowest BCUT2D eigenvalue weighted by Gasteiger charge is -2.29. The molecule has 0 saturated carbocycles. The van der Waals surface area contributed by atoms with Gasteiger partial charge in [0.2, 0.25) is 11.7 Å². The van der Waals surface area contributed by atoms with Crippen LogP contribution in [0.25, 0.3) is 11.0 Å². The van der Waals surface area contributed by atoms with Gasteiger partial charge in [-0.05, 0) is 25.0 Å². The van der Waals surface area contributed by atoms with Gasteiger partial charge < -0.3 is 24.9 Å². The molecular formula is C20H24ClN5O4. The molecule has 4 heterocycles. The Morgan fingerprint density at radius 2 is 1.87 bits per heavy atom. The average molecular weight is 434 g/mol. The molecule has 2 fully saturated rings. The van der Waals surface area contributed by atoms with Gasteiger partial charge in [0.05, 0.1) is 11.0 Å². The van der Waals surface area contributed by atoms with Gasteiger partial charge in [-0.25, -0.2) is 14.8 Å². The molecule has 0 aliphatic carbocycles. The van der Waals surface area contributed by atoms with Gasteiger partial charge in [0.1, 0.15) is 11.8 Å². The van der Waals surface area contributed by atoms with E-state index in [1.807, 2.05) is 12.1 Å². The molecule has 0 unspecified atom stereocenters. The first-order chi connectivity index (χ1) is 14.2. The van der Waals surface area contributed by atoms with Crippen molar-refractivity contribution in [3.63, 3.8) is 0 Å². The van der Waals surface area contributed by atoms with Crippen molar-refractivity contribution in [3.8, 4) is 5.88 Å². The molecule has 2 saturated heterocycles. The first-order valence-corrected chi connectivity index (χ1v) is 9.65. The maximum absolute atomic E-state index is 10.5. The summed E-state index contributed by atoms with van der Waals surface area (Å²) in [5.74, 6) is 0.0915. The molecule has 2 aliphatic heterocycles. The minimum absolute atomic E-state index is 0. The number of benzene rings is 1. The van der Waals surface area contributed by atoms with Crippen molar-refractivity contribution >= 4 is 29.4 Å². The number of carboxylic acid groups (broad SMARTS) is 1. The largest absolute Gasteiger partial charge is 0.475 e. The third-order valence-electron chi connectivity index (χ3n) is 4.91. The quantitative estimate of drug-likeness (QED) is 0.573. The molecule has 0 atom stereocenters. The fraction of sp³-hybridized carbons (Fsp3) is 0.400. The van der Waals surface area contributed by atoms with Gasteiger partial charge in [-0.1, -0.05) is 12.1 Å². The zero-order valence-corrected chi connectivity index (χ0v) is 17.1. The van der Waals surface area contributed by atoms with E-state index in [1.54, 1.807) is 24.5 Å². The maximum Gasteiger partial charge on any atom is 0.371 e. The average Bonchev–Trinajstić information content (AvgIpc) is 3.17. The number of para-hydroxylation sites is 2. The minimum atomic E-state index is -1.04. The fourth-order valence-corrected chi connectivity index (χ4v) is 3.24. The van der Waals surface area contributed by atoms with E-state index < -0.39 is 5.97 Å². The number of imidazole rings is 1. The van der Waals surface area contributed by atoms with Crippen molar-refractivity contribution < 1.29 is 19.4 Å². The standard InChI is InChI=1S/C12H17N3O2.C8H6N2O2.ClH/c1-5-16-6-2-9(1)11-12(15-4-3-14-11)17-10-7-13-8-10;11-8(12)7-9-5-3-1-2-4-6(5)10-7;/h3-4,9-10,13H,1-2,5-8H2;1-4H,(H,9,10)(H,11,12);1H. The van der Waals surface area contributed by atoms with Crippen LogP contribution in [-0.4, -0.2) is 63.4 Å². The van der Waals surface area contributed by atoms with Crippen molar-refractivity contribution in [1.29, 1.82) is 0 Å². The maximum atomic E-state index is 10.5. The van der Waals surface area contributed by atoms with Gasteiger partial charge in [-0.3, -0.25) is 4.98 Å². The van der Waals surface area contributed by atoms with E-state index in [2.05, 4.69) is 25.3 Å². The number of aromatic nitrogens is 4. The summed E-state index contributed by atoms with van der Waals surface area (Å²) in [6, 6.07) is 7.19. The van der Waals surface area contributed by atoms with Gasteiger partial charge >= 0.3 is 5.97 Å². The number of halogens is 1. The predicted octanol–water partition coefficient (Wildman–Crippen LogP) is 2.40. The molecule has 0 bridgehead atoms. The number of aromatic carboxylic acids is 1. The van der Waals surface area contributed by atoms with E-state index in [0.717, 1.165) is 50.4 Å². The number of H-pyrrole nitrogens is 1. The molecule has 160 valence electrons. The number of nitrogens with zero attached hydrogens (tertiary/aromatic N) is 3. The number of ether oxygens (including phenoxy) is 2. The summed E-state index contributed by atoms with van der Waals surface area (Å²) >= 11 is 0. The highest BCUT2D eigenvalue weighted by molar-refractivity contribution is 5.88. The van der Waals surface area contributed by atoms with Crippen molar-refractivity contribution in [2.24, 2.45) is 0 Å². The smallest absolute Gasteiger partial charge is 0.371 e. The van der Waals surface area contributed by atoms with Crippen molar-refractivity contribution in [2.45, 2.75) is 24.9 Å². The summed E-state index contributed by atoms with van der Waals surface area (Å²) < 4.78 is 11.2. The summed E-state index contributed by atoms with van der Waals surface area (Å²) in [5, 5.41) is 11.8. The Balaban J connectivity index is 0.000000175.